The summed E-state index contributed by atoms with van der Waals surface area (Å²) in [7, 11) is 0. The molecule has 0 aromatic heterocycles. The third-order valence-corrected chi connectivity index (χ3v) is 3.20. The normalized spacial score (nSPS) is 14.6. The molecule has 0 aliphatic heterocycles. The summed E-state index contributed by atoms with van der Waals surface area (Å²) in [5, 5.41) is 12.2. The summed E-state index contributed by atoms with van der Waals surface area (Å²) in [6, 6.07) is 6.84. The number of rotatable bonds is 7. The van der Waals surface area contributed by atoms with E-state index < -0.39 is 0 Å². The van der Waals surface area contributed by atoms with Gasteiger partial charge in [0, 0.05) is 18.2 Å². The van der Waals surface area contributed by atoms with Crippen LogP contribution in [0.1, 0.15) is 38.3 Å². The maximum absolute atomic E-state index is 13.5. The number of nitrogens with one attached hydrogen (secondary N) is 1. The first-order valence-corrected chi connectivity index (χ1v) is 6.27. The van der Waals surface area contributed by atoms with Crippen LogP contribution in [0.25, 0.3) is 0 Å². The van der Waals surface area contributed by atoms with Crippen molar-refractivity contribution in [1.29, 1.82) is 0 Å². The van der Waals surface area contributed by atoms with E-state index in [2.05, 4.69) is 12.2 Å². The second-order valence-electron chi connectivity index (χ2n) is 4.44. The minimum absolute atomic E-state index is 0.00365. The van der Waals surface area contributed by atoms with Gasteiger partial charge in [-0.15, -0.1) is 0 Å². The Balaban J connectivity index is 2.49. The third-order valence-electron chi connectivity index (χ3n) is 3.20. The highest BCUT2D eigenvalue weighted by Gasteiger charge is 2.12. The van der Waals surface area contributed by atoms with Gasteiger partial charge in [0.25, 0.3) is 0 Å². The zero-order chi connectivity index (χ0) is 12.7. The Bertz CT molecular complexity index is 330. The first kappa shape index (κ1) is 14.1. The van der Waals surface area contributed by atoms with E-state index in [4.69, 9.17) is 5.11 Å². The van der Waals surface area contributed by atoms with Crippen molar-refractivity contribution in [2.24, 2.45) is 5.92 Å². The minimum atomic E-state index is -0.164. The van der Waals surface area contributed by atoms with Gasteiger partial charge in [0.1, 0.15) is 5.82 Å². The second kappa shape index (κ2) is 7.41. The lowest BCUT2D eigenvalue weighted by atomic mass is 10.0. The molecule has 1 rings (SSSR count). The molecule has 96 valence electrons. The Hall–Kier alpha value is -0.930. The van der Waals surface area contributed by atoms with E-state index in [0.29, 0.717) is 11.5 Å². The molecule has 2 unspecified atom stereocenters. The van der Waals surface area contributed by atoms with E-state index in [1.54, 1.807) is 12.1 Å². The highest BCUT2D eigenvalue weighted by Crippen LogP contribution is 2.17. The molecule has 0 radical (unpaired) electrons. The molecule has 0 fully saturated rings. The summed E-state index contributed by atoms with van der Waals surface area (Å²) < 4.78 is 13.5. The summed E-state index contributed by atoms with van der Waals surface area (Å²) >= 11 is 0. The summed E-state index contributed by atoms with van der Waals surface area (Å²) in [5.74, 6) is 0.289. The van der Waals surface area contributed by atoms with Crippen molar-refractivity contribution < 1.29 is 9.50 Å². The number of aliphatic hydroxyl groups excluding tert-OH is 1. The molecule has 2 nitrogen and oxygen atoms in total. The molecule has 0 heterocycles. The van der Waals surface area contributed by atoms with Gasteiger partial charge in [0.15, 0.2) is 0 Å². The fourth-order valence-electron chi connectivity index (χ4n) is 1.91. The summed E-state index contributed by atoms with van der Waals surface area (Å²) in [6.45, 7) is 5.10. The van der Waals surface area contributed by atoms with Crippen molar-refractivity contribution in [3.05, 3.63) is 35.6 Å². The van der Waals surface area contributed by atoms with Gasteiger partial charge in [0.05, 0.1) is 0 Å². The van der Waals surface area contributed by atoms with Crippen LogP contribution in [0.15, 0.2) is 24.3 Å². The summed E-state index contributed by atoms with van der Waals surface area (Å²) in [5.41, 5.74) is 0.700. The van der Waals surface area contributed by atoms with Crippen LogP contribution in [0.2, 0.25) is 0 Å². The van der Waals surface area contributed by atoms with Crippen molar-refractivity contribution in [3.8, 4) is 0 Å². The van der Waals surface area contributed by atoms with Crippen LogP contribution in [-0.4, -0.2) is 18.3 Å². The van der Waals surface area contributed by atoms with Gasteiger partial charge in [-0.1, -0.05) is 31.5 Å². The summed E-state index contributed by atoms with van der Waals surface area (Å²) in [6.07, 6.45) is 1.82. The van der Waals surface area contributed by atoms with E-state index in [-0.39, 0.29) is 18.5 Å². The zero-order valence-electron chi connectivity index (χ0n) is 10.6. The van der Waals surface area contributed by atoms with Gasteiger partial charge in [-0.2, -0.15) is 0 Å². The molecule has 0 aliphatic carbocycles. The largest absolute Gasteiger partial charge is 0.396 e. The highest BCUT2D eigenvalue weighted by molar-refractivity contribution is 5.20. The Kier molecular flexibility index (Phi) is 6.16. The zero-order valence-corrected chi connectivity index (χ0v) is 10.6. The van der Waals surface area contributed by atoms with E-state index in [0.717, 1.165) is 19.4 Å². The van der Waals surface area contributed by atoms with Crippen LogP contribution in [0, 0.1) is 11.7 Å². The van der Waals surface area contributed by atoms with Gasteiger partial charge in [-0.3, -0.25) is 0 Å². The van der Waals surface area contributed by atoms with Gasteiger partial charge in [0.2, 0.25) is 0 Å². The number of hydrogen-bond donors (Lipinski definition) is 2. The van der Waals surface area contributed by atoms with Crippen LogP contribution < -0.4 is 5.32 Å². The van der Waals surface area contributed by atoms with Crippen LogP contribution >= 0.6 is 0 Å². The van der Waals surface area contributed by atoms with Gasteiger partial charge < -0.3 is 10.4 Å². The first-order chi connectivity index (χ1) is 8.19. The predicted molar refractivity (Wildman–Crippen MR) is 68.3 cm³/mol. The average molecular weight is 239 g/mol. The average Bonchev–Trinajstić information content (AvgIpc) is 2.34. The lowest BCUT2D eigenvalue weighted by molar-refractivity contribution is 0.249. The molecule has 0 spiro atoms. The molecule has 0 saturated heterocycles. The Morgan fingerprint density at radius 1 is 1.35 bits per heavy atom. The molecular formula is C14H22FNO. The van der Waals surface area contributed by atoms with Crippen LogP contribution in [0.4, 0.5) is 4.39 Å². The van der Waals surface area contributed by atoms with Crippen molar-refractivity contribution in [2.75, 3.05) is 13.2 Å². The first-order valence-electron chi connectivity index (χ1n) is 6.27. The molecule has 2 atom stereocenters. The van der Waals surface area contributed by atoms with Gasteiger partial charge in [-0.25, -0.2) is 4.39 Å². The van der Waals surface area contributed by atoms with E-state index >= 15 is 0 Å². The molecular weight excluding hydrogens is 217 g/mol. The van der Waals surface area contributed by atoms with Crippen LogP contribution in [-0.2, 0) is 0 Å². The standard InChI is InChI=1S/C14H22FNO/c1-3-12(8-9-17)10-16-11(2)13-6-4-5-7-14(13)15/h4-7,11-12,16-17H,3,8-10H2,1-2H3. The quantitative estimate of drug-likeness (QED) is 0.767. The fourth-order valence-corrected chi connectivity index (χ4v) is 1.91. The smallest absolute Gasteiger partial charge is 0.127 e. The van der Waals surface area contributed by atoms with Crippen molar-refractivity contribution in [3.63, 3.8) is 0 Å². The molecule has 3 heteroatoms. The Morgan fingerprint density at radius 2 is 2.06 bits per heavy atom. The maximum Gasteiger partial charge on any atom is 0.127 e. The topological polar surface area (TPSA) is 32.3 Å². The minimum Gasteiger partial charge on any atom is -0.396 e. The maximum atomic E-state index is 13.5. The van der Waals surface area contributed by atoms with Gasteiger partial charge in [-0.05, 0) is 31.9 Å². The van der Waals surface area contributed by atoms with Crippen molar-refractivity contribution in [2.45, 2.75) is 32.7 Å². The summed E-state index contributed by atoms with van der Waals surface area (Å²) in [4.78, 5) is 0. The van der Waals surface area contributed by atoms with Crippen molar-refractivity contribution >= 4 is 0 Å². The molecule has 1 aromatic rings. The SMILES string of the molecule is CCC(CCO)CNC(C)c1ccccc1F. The molecule has 0 saturated carbocycles. The number of benzene rings is 1. The van der Waals surface area contributed by atoms with Crippen LogP contribution in [0.5, 0.6) is 0 Å². The van der Waals surface area contributed by atoms with E-state index in [1.807, 2.05) is 13.0 Å². The lowest BCUT2D eigenvalue weighted by Gasteiger charge is -2.19. The van der Waals surface area contributed by atoms with Gasteiger partial charge >= 0.3 is 0 Å². The number of aliphatic hydroxyl groups is 1. The molecule has 0 bridgehead atoms. The van der Waals surface area contributed by atoms with E-state index in [1.165, 1.54) is 6.07 Å². The highest BCUT2D eigenvalue weighted by atomic mass is 19.1. The third kappa shape index (κ3) is 4.44. The lowest BCUT2D eigenvalue weighted by Crippen LogP contribution is -2.26. The number of halogens is 1. The van der Waals surface area contributed by atoms with Crippen LogP contribution in [0.3, 0.4) is 0 Å². The molecule has 17 heavy (non-hydrogen) atoms. The van der Waals surface area contributed by atoms with Crippen molar-refractivity contribution in [1.82, 2.24) is 5.32 Å². The molecule has 0 aliphatic rings. The van der Waals surface area contributed by atoms with E-state index in [9.17, 15) is 4.39 Å². The second-order valence-corrected chi connectivity index (χ2v) is 4.44. The molecule has 1 aromatic carbocycles. The Morgan fingerprint density at radius 3 is 2.65 bits per heavy atom. The molecule has 2 N–H and O–H groups in total. The predicted octanol–water partition coefficient (Wildman–Crippen LogP) is 2.88. The fraction of sp³-hybridized carbons (Fsp3) is 0.571. The monoisotopic (exact) mass is 239 g/mol. The molecule has 0 amide bonds. The number of hydrogen-bond acceptors (Lipinski definition) is 2. The Labute approximate surface area is 103 Å².